The van der Waals surface area contributed by atoms with Gasteiger partial charge < -0.3 is 9.84 Å². The lowest BCUT2D eigenvalue weighted by atomic mass is 10.0. The summed E-state index contributed by atoms with van der Waals surface area (Å²) < 4.78 is 5.57. The van der Waals surface area contributed by atoms with Gasteiger partial charge in [-0.1, -0.05) is 6.07 Å². The zero-order valence-electron chi connectivity index (χ0n) is 8.20. The van der Waals surface area contributed by atoms with Crippen LogP contribution >= 0.6 is 0 Å². The summed E-state index contributed by atoms with van der Waals surface area (Å²) in [5, 5.41) is 8.91. The summed E-state index contributed by atoms with van der Waals surface area (Å²) in [5.74, 6) is -0.133. The topological polar surface area (TPSA) is 46.5 Å². The molecule has 0 amide bonds. The summed E-state index contributed by atoms with van der Waals surface area (Å²) in [5.41, 5.74) is 2.18. The number of ether oxygens (including phenoxy) is 1. The number of hydrogen-bond donors (Lipinski definition) is 1. The zero-order chi connectivity index (χ0) is 10.3. The molecular formula is C11H12O3. The van der Waals surface area contributed by atoms with Crippen LogP contribution in [0.4, 0.5) is 0 Å². The Hall–Kier alpha value is -1.51. The van der Waals surface area contributed by atoms with Crippen molar-refractivity contribution in [2.24, 2.45) is 0 Å². The summed E-state index contributed by atoms with van der Waals surface area (Å²) in [6, 6.07) is 3.49. The Morgan fingerprint density at radius 3 is 2.93 bits per heavy atom. The van der Waals surface area contributed by atoms with Crippen LogP contribution in [-0.4, -0.2) is 17.2 Å². The third kappa shape index (κ3) is 1.25. The maximum atomic E-state index is 10.8. The van der Waals surface area contributed by atoms with E-state index in [0.29, 0.717) is 5.56 Å². The number of hydrogen-bond acceptors (Lipinski definition) is 2. The molecule has 0 radical (unpaired) electrons. The number of benzene rings is 1. The van der Waals surface area contributed by atoms with E-state index < -0.39 is 5.97 Å². The average molecular weight is 192 g/mol. The van der Waals surface area contributed by atoms with Gasteiger partial charge in [0.1, 0.15) is 11.9 Å². The van der Waals surface area contributed by atoms with Crippen LogP contribution in [-0.2, 0) is 6.42 Å². The molecule has 0 saturated heterocycles. The number of carboxylic acids is 1. The third-order valence-electron chi connectivity index (χ3n) is 2.54. The molecule has 1 N–H and O–H groups in total. The molecule has 1 aliphatic rings. The smallest absolute Gasteiger partial charge is 0.336 e. The van der Waals surface area contributed by atoms with Gasteiger partial charge in [0.2, 0.25) is 0 Å². The minimum atomic E-state index is -0.895. The molecule has 1 atom stereocenters. The molecule has 14 heavy (non-hydrogen) atoms. The molecule has 0 aromatic heterocycles. The maximum absolute atomic E-state index is 10.8. The van der Waals surface area contributed by atoms with Gasteiger partial charge in [0, 0.05) is 12.0 Å². The second-order valence-electron chi connectivity index (χ2n) is 3.66. The molecule has 0 unspecified atom stereocenters. The summed E-state index contributed by atoms with van der Waals surface area (Å²) in [4.78, 5) is 10.8. The fraction of sp³-hybridized carbons (Fsp3) is 0.364. The molecule has 0 bridgehead atoms. The quantitative estimate of drug-likeness (QED) is 0.740. The van der Waals surface area contributed by atoms with Gasteiger partial charge >= 0.3 is 5.97 Å². The molecule has 2 rings (SSSR count). The van der Waals surface area contributed by atoms with Gasteiger partial charge in [0.25, 0.3) is 0 Å². The molecule has 0 saturated carbocycles. The zero-order valence-corrected chi connectivity index (χ0v) is 8.20. The Morgan fingerprint density at radius 1 is 1.57 bits per heavy atom. The molecule has 1 aliphatic heterocycles. The minimum absolute atomic E-state index is 0.160. The van der Waals surface area contributed by atoms with Crippen LogP contribution < -0.4 is 4.74 Å². The van der Waals surface area contributed by atoms with Crippen molar-refractivity contribution in [1.82, 2.24) is 0 Å². The number of carbonyl (C=O) groups is 1. The van der Waals surface area contributed by atoms with Crippen molar-refractivity contribution >= 4 is 5.97 Å². The standard InChI is InChI=1S/C11H12O3/c1-6-5-8-3-4-9(11(12)13)7(2)10(8)14-6/h3-4,6H,5H2,1-2H3,(H,12,13)/t6-/m0/s1. The van der Waals surface area contributed by atoms with Gasteiger partial charge in [-0.15, -0.1) is 0 Å². The first-order valence-electron chi connectivity index (χ1n) is 4.62. The van der Waals surface area contributed by atoms with Gasteiger partial charge in [0.15, 0.2) is 0 Å². The van der Waals surface area contributed by atoms with E-state index in [1.165, 1.54) is 0 Å². The normalized spacial score (nSPS) is 18.9. The van der Waals surface area contributed by atoms with E-state index in [1.54, 1.807) is 13.0 Å². The number of carboxylic acid groups (broad SMARTS) is 1. The molecule has 3 nitrogen and oxygen atoms in total. The second-order valence-corrected chi connectivity index (χ2v) is 3.66. The van der Waals surface area contributed by atoms with Crippen molar-refractivity contribution in [2.45, 2.75) is 26.4 Å². The van der Waals surface area contributed by atoms with Crippen molar-refractivity contribution in [3.05, 3.63) is 28.8 Å². The Kier molecular flexibility index (Phi) is 1.95. The predicted molar refractivity (Wildman–Crippen MR) is 51.9 cm³/mol. The largest absolute Gasteiger partial charge is 0.490 e. The van der Waals surface area contributed by atoms with E-state index in [1.807, 2.05) is 13.0 Å². The van der Waals surface area contributed by atoms with Crippen molar-refractivity contribution in [1.29, 1.82) is 0 Å². The lowest BCUT2D eigenvalue weighted by molar-refractivity contribution is 0.0695. The van der Waals surface area contributed by atoms with Crippen LogP contribution in [0.2, 0.25) is 0 Å². The predicted octanol–water partition coefficient (Wildman–Crippen LogP) is 2.02. The Labute approximate surface area is 82.3 Å². The monoisotopic (exact) mass is 192 g/mol. The van der Waals surface area contributed by atoms with Crippen LogP contribution in [0.5, 0.6) is 5.75 Å². The molecule has 1 aromatic rings. The van der Waals surface area contributed by atoms with Crippen molar-refractivity contribution < 1.29 is 14.6 Å². The van der Waals surface area contributed by atoms with Crippen LogP contribution in [0.25, 0.3) is 0 Å². The maximum Gasteiger partial charge on any atom is 0.336 e. The number of fused-ring (bicyclic) bond motifs is 1. The van der Waals surface area contributed by atoms with Crippen LogP contribution in [0.3, 0.4) is 0 Å². The minimum Gasteiger partial charge on any atom is -0.490 e. The highest BCUT2D eigenvalue weighted by Crippen LogP contribution is 2.33. The molecule has 0 fully saturated rings. The second kappa shape index (κ2) is 3.01. The molecule has 0 aliphatic carbocycles. The van der Waals surface area contributed by atoms with Crippen LogP contribution in [0.15, 0.2) is 12.1 Å². The van der Waals surface area contributed by atoms with Crippen molar-refractivity contribution in [3.63, 3.8) is 0 Å². The fourth-order valence-corrected chi connectivity index (χ4v) is 1.86. The van der Waals surface area contributed by atoms with E-state index >= 15 is 0 Å². The van der Waals surface area contributed by atoms with Crippen LogP contribution in [0.1, 0.15) is 28.4 Å². The van der Waals surface area contributed by atoms with Gasteiger partial charge in [0.05, 0.1) is 5.56 Å². The highest BCUT2D eigenvalue weighted by molar-refractivity contribution is 5.90. The number of aromatic carboxylic acids is 1. The summed E-state index contributed by atoms with van der Waals surface area (Å²) in [6.07, 6.45) is 1.03. The average Bonchev–Trinajstić information content (AvgIpc) is 2.46. The first kappa shape index (κ1) is 9.06. The van der Waals surface area contributed by atoms with E-state index in [4.69, 9.17) is 9.84 Å². The first-order valence-corrected chi connectivity index (χ1v) is 4.62. The molecule has 0 spiro atoms. The molecule has 1 heterocycles. The van der Waals surface area contributed by atoms with Crippen molar-refractivity contribution in [2.75, 3.05) is 0 Å². The SMILES string of the molecule is Cc1c(C(=O)O)ccc2c1O[C@@H](C)C2. The molecule has 74 valence electrons. The summed E-state index contributed by atoms with van der Waals surface area (Å²) in [7, 11) is 0. The van der Waals surface area contributed by atoms with E-state index in [2.05, 4.69) is 0 Å². The summed E-state index contributed by atoms with van der Waals surface area (Å²) >= 11 is 0. The fourth-order valence-electron chi connectivity index (χ4n) is 1.86. The lowest BCUT2D eigenvalue weighted by Gasteiger charge is -2.07. The number of rotatable bonds is 1. The third-order valence-corrected chi connectivity index (χ3v) is 2.54. The first-order chi connectivity index (χ1) is 6.59. The highest BCUT2D eigenvalue weighted by Gasteiger charge is 2.23. The van der Waals surface area contributed by atoms with E-state index in [9.17, 15) is 4.79 Å². The molecule has 3 heteroatoms. The lowest BCUT2D eigenvalue weighted by Crippen LogP contribution is -2.06. The van der Waals surface area contributed by atoms with Crippen molar-refractivity contribution in [3.8, 4) is 5.75 Å². The summed E-state index contributed by atoms with van der Waals surface area (Å²) in [6.45, 7) is 3.78. The van der Waals surface area contributed by atoms with E-state index in [0.717, 1.165) is 23.3 Å². The Bertz CT molecular complexity index is 396. The van der Waals surface area contributed by atoms with Gasteiger partial charge in [-0.3, -0.25) is 0 Å². The van der Waals surface area contributed by atoms with Gasteiger partial charge in [-0.25, -0.2) is 4.79 Å². The van der Waals surface area contributed by atoms with E-state index in [-0.39, 0.29) is 6.10 Å². The molecular weight excluding hydrogens is 180 g/mol. The molecule has 1 aromatic carbocycles. The van der Waals surface area contributed by atoms with Gasteiger partial charge in [-0.2, -0.15) is 0 Å². The van der Waals surface area contributed by atoms with Crippen LogP contribution in [0, 0.1) is 6.92 Å². The Morgan fingerprint density at radius 2 is 2.29 bits per heavy atom. The Balaban J connectivity index is 2.53. The van der Waals surface area contributed by atoms with Gasteiger partial charge in [-0.05, 0) is 25.5 Å². The highest BCUT2D eigenvalue weighted by atomic mass is 16.5.